The molecule has 2 aliphatic rings. The second-order valence-corrected chi connectivity index (χ2v) is 5.26. The molecule has 2 heterocycles. The number of rotatable bonds is 5. The van der Waals surface area contributed by atoms with E-state index in [4.69, 9.17) is 4.74 Å². The third kappa shape index (κ3) is 2.85. The van der Waals surface area contributed by atoms with Gasteiger partial charge in [0.2, 0.25) is 0 Å². The van der Waals surface area contributed by atoms with Gasteiger partial charge in [-0.15, -0.1) is 0 Å². The minimum atomic E-state index is 0.453. The lowest BCUT2D eigenvalue weighted by atomic mass is 10.1. The zero-order chi connectivity index (χ0) is 12.2. The Morgan fingerprint density at radius 1 is 1.39 bits per heavy atom. The molecule has 0 aliphatic carbocycles. The first-order chi connectivity index (χ1) is 8.92. The number of fused-ring (bicyclic) bond motifs is 1. The van der Waals surface area contributed by atoms with E-state index in [-0.39, 0.29) is 0 Å². The molecule has 1 atom stereocenters. The zero-order valence-electron chi connectivity index (χ0n) is 10.9. The maximum atomic E-state index is 5.59. The first-order valence-electron chi connectivity index (χ1n) is 7.10. The molecule has 18 heavy (non-hydrogen) atoms. The van der Waals surface area contributed by atoms with E-state index in [1.165, 1.54) is 36.1 Å². The van der Waals surface area contributed by atoms with Crippen LogP contribution in [0.3, 0.4) is 0 Å². The lowest BCUT2D eigenvalue weighted by molar-refractivity contribution is 0.110. The molecule has 3 nitrogen and oxygen atoms in total. The summed E-state index contributed by atoms with van der Waals surface area (Å²) in [6, 6.07) is 6.81. The number of benzene rings is 1. The molecule has 3 rings (SSSR count). The fraction of sp³-hybridized carbons (Fsp3) is 0.600. The highest BCUT2D eigenvalue weighted by atomic mass is 16.5. The van der Waals surface area contributed by atoms with Crippen molar-refractivity contribution in [2.45, 2.75) is 31.8 Å². The van der Waals surface area contributed by atoms with Crippen LogP contribution in [0, 0.1) is 0 Å². The molecule has 0 saturated carbocycles. The Morgan fingerprint density at radius 2 is 2.39 bits per heavy atom. The zero-order valence-corrected chi connectivity index (χ0v) is 10.9. The van der Waals surface area contributed by atoms with Crippen LogP contribution in [0.15, 0.2) is 18.2 Å². The smallest absolute Gasteiger partial charge is 0.0700 e. The molecule has 1 aromatic carbocycles. The van der Waals surface area contributed by atoms with Crippen LogP contribution in [0.1, 0.15) is 24.0 Å². The molecule has 0 aromatic heterocycles. The molecule has 1 unspecified atom stereocenters. The maximum absolute atomic E-state index is 5.59. The monoisotopic (exact) mass is 246 g/mol. The van der Waals surface area contributed by atoms with Gasteiger partial charge in [0.1, 0.15) is 0 Å². The molecule has 1 saturated heterocycles. The third-order valence-corrected chi connectivity index (χ3v) is 3.87. The quantitative estimate of drug-likeness (QED) is 0.779. The van der Waals surface area contributed by atoms with Gasteiger partial charge < -0.3 is 15.4 Å². The maximum Gasteiger partial charge on any atom is 0.0700 e. The van der Waals surface area contributed by atoms with Crippen LogP contribution in [0.2, 0.25) is 0 Å². The lowest BCUT2D eigenvalue weighted by Gasteiger charge is -2.11. The highest BCUT2D eigenvalue weighted by molar-refractivity contribution is 5.56. The average molecular weight is 246 g/mol. The predicted molar refractivity (Wildman–Crippen MR) is 74.2 cm³/mol. The van der Waals surface area contributed by atoms with E-state index in [9.17, 15) is 0 Å². The first-order valence-corrected chi connectivity index (χ1v) is 7.10. The summed E-state index contributed by atoms with van der Waals surface area (Å²) in [4.78, 5) is 0. The summed E-state index contributed by atoms with van der Waals surface area (Å²) in [5.41, 5.74) is 4.25. The van der Waals surface area contributed by atoms with Crippen LogP contribution in [0.5, 0.6) is 0 Å². The summed E-state index contributed by atoms with van der Waals surface area (Å²) in [5, 5.41) is 6.90. The number of anilines is 1. The number of nitrogens with one attached hydrogen (secondary N) is 2. The molecular weight excluding hydrogens is 224 g/mol. The van der Waals surface area contributed by atoms with Crippen LogP contribution < -0.4 is 10.6 Å². The third-order valence-electron chi connectivity index (χ3n) is 3.87. The van der Waals surface area contributed by atoms with E-state index in [0.717, 1.165) is 32.7 Å². The van der Waals surface area contributed by atoms with Crippen molar-refractivity contribution in [1.82, 2.24) is 5.32 Å². The summed E-state index contributed by atoms with van der Waals surface area (Å²) in [7, 11) is 0. The minimum absolute atomic E-state index is 0.453. The Hall–Kier alpha value is -1.06. The van der Waals surface area contributed by atoms with E-state index in [1.807, 2.05) is 0 Å². The fourth-order valence-electron chi connectivity index (χ4n) is 2.81. The molecule has 2 N–H and O–H groups in total. The van der Waals surface area contributed by atoms with Gasteiger partial charge in [-0.2, -0.15) is 0 Å². The van der Waals surface area contributed by atoms with Crippen molar-refractivity contribution in [3.05, 3.63) is 29.3 Å². The normalized spacial score (nSPS) is 21.9. The van der Waals surface area contributed by atoms with E-state index < -0.39 is 0 Å². The highest BCUT2D eigenvalue weighted by Gasteiger charge is 2.14. The van der Waals surface area contributed by atoms with Gasteiger partial charge >= 0.3 is 0 Å². The molecule has 0 amide bonds. The minimum Gasteiger partial charge on any atom is -0.384 e. The number of hydrogen-bond donors (Lipinski definition) is 2. The molecule has 2 aliphatic heterocycles. The summed E-state index contributed by atoms with van der Waals surface area (Å²) in [6.45, 7) is 4.10. The van der Waals surface area contributed by atoms with Gasteiger partial charge in [0.15, 0.2) is 0 Å². The fourth-order valence-corrected chi connectivity index (χ4v) is 2.81. The second kappa shape index (κ2) is 5.72. The van der Waals surface area contributed by atoms with E-state index in [2.05, 4.69) is 28.8 Å². The standard InChI is InChI=1S/C15H22N2O/c1-2-14(18-9-1)11-16-7-5-12-3-4-15-13(10-12)6-8-17-15/h3-4,10,14,16-17H,1-2,5-9,11H2. The molecule has 3 heteroatoms. The SMILES string of the molecule is c1cc2c(cc1CCNCC1CCCO1)CCN2. The molecule has 1 fully saturated rings. The Labute approximate surface area is 109 Å². The van der Waals surface area contributed by atoms with Crippen LogP contribution in [0.4, 0.5) is 5.69 Å². The van der Waals surface area contributed by atoms with Gasteiger partial charge in [-0.05, 0) is 49.4 Å². The lowest BCUT2D eigenvalue weighted by Crippen LogP contribution is -2.27. The Balaban J connectivity index is 1.42. The van der Waals surface area contributed by atoms with Gasteiger partial charge in [-0.1, -0.05) is 12.1 Å². The van der Waals surface area contributed by atoms with E-state index >= 15 is 0 Å². The largest absolute Gasteiger partial charge is 0.384 e. The van der Waals surface area contributed by atoms with Crippen LogP contribution in [0.25, 0.3) is 0 Å². The van der Waals surface area contributed by atoms with Crippen molar-refractivity contribution in [1.29, 1.82) is 0 Å². The van der Waals surface area contributed by atoms with Gasteiger partial charge in [0.25, 0.3) is 0 Å². The van der Waals surface area contributed by atoms with Crippen molar-refractivity contribution >= 4 is 5.69 Å². The summed E-state index contributed by atoms with van der Waals surface area (Å²) >= 11 is 0. The van der Waals surface area contributed by atoms with Crippen LogP contribution in [-0.2, 0) is 17.6 Å². The van der Waals surface area contributed by atoms with Crippen LogP contribution >= 0.6 is 0 Å². The number of ether oxygens (including phenoxy) is 1. The Bertz CT molecular complexity index is 399. The molecule has 98 valence electrons. The molecular formula is C15H22N2O. The molecule has 0 spiro atoms. The van der Waals surface area contributed by atoms with Gasteiger partial charge in [0, 0.05) is 25.4 Å². The summed E-state index contributed by atoms with van der Waals surface area (Å²) < 4.78 is 5.59. The van der Waals surface area contributed by atoms with Crippen molar-refractivity contribution in [2.75, 3.05) is 31.6 Å². The summed E-state index contributed by atoms with van der Waals surface area (Å²) in [5.74, 6) is 0. The Kier molecular flexibility index (Phi) is 3.81. The van der Waals surface area contributed by atoms with Crippen molar-refractivity contribution in [2.24, 2.45) is 0 Å². The topological polar surface area (TPSA) is 33.3 Å². The van der Waals surface area contributed by atoms with Crippen molar-refractivity contribution in [3.8, 4) is 0 Å². The van der Waals surface area contributed by atoms with E-state index in [1.54, 1.807) is 0 Å². The molecule has 1 aromatic rings. The first kappa shape index (κ1) is 12.0. The van der Waals surface area contributed by atoms with Crippen molar-refractivity contribution < 1.29 is 4.74 Å². The van der Waals surface area contributed by atoms with Gasteiger partial charge in [-0.25, -0.2) is 0 Å². The van der Waals surface area contributed by atoms with Gasteiger partial charge in [-0.3, -0.25) is 0 Å². The van der Waals surface area contributed by atoms with Crippen molar-refractivity contribution in [3.63, 3.8) is 0 Å². The second-order valence-electron chi connectivity index (χ2n) is 5.26. The molecule has 0 bridgehead atoms. The number of hydrogen-bond acceptors (Lipinski definition) is 3. The average Bonchev–Trinajstić information content (AvgIpc) is 3.05. The van der Waals surface area contributed by atoms with E-state index in [0.29, 0.717) is 6.10 Å². The summed E-state index contributed by atoms with van der Waals surface area (Å²) in [6.07, 6.45) is 5.18. The Morgan fingerprint density at radius 3 is 3.28 bits per heavy atom. The van der Waals surface area contributed by atoms with Gasteiger partial charge in [0.05, 0.1) is 6.10 Å². The van der Waals surface area contributed by atoms with Crippen LogP contribution in [-0.4, -0.2) is 32.3 Å². The predicted octanol–water partition coefficient (Wildman–Crippen LogP) is 1.97. The highest BCUT2D eigenvalue weighted by Crippen LogP contribution is 2.23. The molecule has 0 radical (unpaired) electrons.